The van der Waals surface area contributed by atoms with Gasteiger partial charge in [0.15, 0.2) is 0 Å². The van der Waals surface area contributed by atoms with Crippen LogP contribution in [0.3, 0.4) is 0 Å². The average Bonchev–Trinajstić information content (AvgIpc) is 2.45. The Morgan fingerprint density at radius 3 is 2.57 bits per heavy atom. The van der Waals surface area contributed by atoms with Crippen molar-refractivity contribution in [2.45, 2.75) is 51.4 Å². The number of carboxylic acid groups (broad SMARTS) is 1. The predicted octanol–water partition coefficient (Wildman–Crippen LogP) is 3.79. The second-order valence-corrected chi connectivity index (χ2v) is 6.70. The maximum Gasteiger partial charge on any atom is 0.410 e. The Hall–Kier alpha value is -2.11. The number of rotatable bonds is 2. The van der Waals surface area contributed by atoms with Gasteiger partial charge in [-0.15, -0.1) is 0 Å². The van der Waals surface area contributed by atoms with E-state index in [-0.39, 0.29) is 24.9 Å². The minimum atomic E-state index is -1.09. The number of carbonyl (C=O) groups is 2. The first-order chi connectivity index (χ1) is 10.7. The normalized spacial score (nSPS) is 21.8. The quantitative estimate of drug-likeness (QED) is 0.899. The molecule has 1 saturated heterocycles. The highest BCUT2D eigenvalue weighted by Crippen LogP contribution is 2.35. The molecule has 2 atom stereocenters. The molecule has 0 bridgehead atoms. The Labute approximate surface area is 135 Å². The second-order valence-electron chi connectivity index (χ2n) is 6.70. The van der Waals surface area contributed by atoms with E-state index in [0.717, 1.165) is 0 Å². The van der Waals surface area contributed by atoms with Crippen molar-refractivity contribution in [1.82, 2.24) is 4.90 Å². The topological polar surface area (TPSA) is 66.8 Å². The lowest BCUT2D eigenvalue weighted by Crippen LogP contribution is -2.44. The van der Waals surface area contributed by atoms with Crippen LogP contribution in [0.1, 0.15) is 55.6 Å². The third-order valence-corrected chi connectivity index (χ3v) is 3.72. The van der Waals surface area contributed by atoms with Gasteiger partial charge in [0, 0.05) is 13.0 Å². The summed E-state index contributed by atoms with van der Waals surface area (Å²) in [7, 11) is 0. The Balaban J connectivity index is 2.35. The van der Waals surface area contributed by atoms with Crippen molar-refractivity contribution in [2.24, 2.45) is 0 Å². The van der Waals surface area contributed by atoms with Crippen molar-refractivity contribution < 1.29 is 23.8 Å². The van der Waals surface area contributed by atoms with E-state index in [9.17, 15) is 19.1 Å². The molecule has 0 aromatic heterocycles. The number of carbonyl (C=O) groups excluding carboxylic acids is 1. The molecular weight excluding hydrogens is 301 g/mol. The number of nitrogens with zero attached hydrogens (tertiary/aromatic N) is 1. The summed E-state index contributed by atoms with van der Waals surface area (Å²) >= 11 is 0. The van der Waals surface area contributed by atoms with Crippen LogP contribution in [0.25, 0.3) is 0 Å². The van der Waals surface area contributed by atoms with E-state index >= 15 is 0 Å². The Bertz CT molecular complexity index is 597. The summed E-state index contributed by atoms with van der Waals surface area (Å²) < 4.78 is 19.3. The molecule has 0 spiro atoms. The van der Waals surface area contributed by atoms with Crippen molar-refractivity contribution in [2.75, 3.05) is 6.54 Å². The van der Waals surface area contributed by atoms with E-state index in [1.54, 1.807) is 39.0 Å². The van der Waals surface area contributed by atoms with Gasteiger partial charge in [0.25, 0.3) is 0 Å². The maximum atomic E-state index is 13.9. The predicted molar refractivity (Wildman–Crippen MR) is 83.2 cm³/mol. The summed E-state index contributed by atoms with van der Waals surface area (Å²) in [5, 5.41) is 9.35. The van der Waals surface area contributed by atoms with Gasteiger partial charge in [-0.2, -0.15) is 0 Å². The SMILES string of the molecule is CC(C)(C)OC(=O)N1CCC(F)CC1c1ccccc1C(=O)O. The third-order valence-electron chi connectivity index (χ3n) is 3.72. The van der Waals surface area contributed by atoms with Crippen LogP contribution < -0.4 is 0 Å². The summed E-state index contributed by atoms with van der Waals surface area (Å²) in [6, 6.07) is 5.76. The molecular formula is C17H22FNO4. The van der Waals surface area contributed by atoms with E-state index in [4.69, 9.17) is 4.74 Å². The molecule has 1 aromatic rings. The van der Waals surface area contributed by atoms with Gasteiger partial charge < -0.3 is 14.7 Å². The zero-order valence-electron chi connectivity index (χ0n) is 13.6. The van der Waals surface area contributed by atoms with Crippen LogP contribution in [0, 0.1) is 0 Å². The standard InChI is InChI=1S/C17H22FNO4/c1-17(2,3)23-16(22)19-9-8-11(18)10-14(19)12-6-4-5-7-13(12)15(20)21/h4-7,11,14H,8-10H2,1-3H3,(H,20,21). The van der Waals surface area contributed by atoms with E-state index in [2.05, 4.69) is 0 Å². The fraction of sp³-hybridized carbons (Fsp3) is 0.529. The third kappa shape index (κ3) is 4.21. The average molecular weight is 323 g/mol. The van der Waals surface area contributed by atoms with Crippen LogP contribution in [0.4, 0.5) is 9.18 Å². The first kappa shape index (κ1) is 17.2. The molecule has 1 heterocycles. The van der Waals surface area contributed by atoms with Crippen molar-refractivity contribution in [3.05, 3.63) is 35.4 Å². The molecule has 1 aliphatic rings. The number of amides is 1. The number of benzene rings is 1. The molecule has 5 nitrogen and oxygen atoms in total. The molecule has 1 aromatic carbocycles. The van der Waals surface area contributed by atoms with Gasteiger partial charge in [0.05, 0.1) is 11.6 Å². The molecule has 1 amide bonds. The van der Waals surface area contributed by atoms with Gasteiger partial charge in [0.1, 0.15) is 11.8 Å². The molecule has 2 unspecified atom stereocenters. The number of ether oxygens (including phenoxy) is 1. The molecule has 0 saturated carbocycles. The smallest absolute Gasteiger partial charge is 0.410 e. The Morgan fingerprint density at radius 2 is 1.96 bits per heavy atom. The summed E-state index contributed by atoms with van der Waals surface area (Å²) in [6.07, 6.45) is -1.32. The minimum absolute atomic E-state index is 0.0730. The zero-order valence-corrected chi connectivity index (χ0v) is 13.6. The lowest BCUT2D eigenvalue weighted by molar-refractivity contribution is 0.00133. The summed E-state index contributed by atoms with van der Waals surface area (Å²) in [5.74, 6) is -1.09. The van der Waals surface area contributed by atoms with Crippen LogP contribution in [0.2, 0.25) is 0 Å². The van der Waals surface area contributed by atoms with Crippen molar-refractivity contribution in [3.8, 4) is 0 Å². The van der Waals surface area contributed by atoms with Crippen molar-refractivity contribution in [1.29, 1.82) is 0 Å². The number of halogens is 1. The van der Waals surface area contributed by atoms with Crippen molar-refractivity contribution >= 4 is 12.1 Å². The van der Waals surface area contributed by atoms with Crippen molar-refractivity contribution in [3.63, 3.8) is 0 Å². The number of alkyl halides is 1. The molecule has 23 heavy (non-hydrogen) atoms. The van der Waals surface area contributed by atoms with Crippen LogP contribution in [-0.2, 0) is 4.74 Å². The fourth-order valence-corrected chi connectivity index (χ4v) is 2.74. The molecule has 1 fully saturated rings. The highest BCUT2D eigenvalue weighted by atomic mass is 19.1. The van der Waals surface area contributed by atoms with Crippen LogP contribution in [-0.4, -0.2) is 40.4 Å². The summed E-state index contributed by atoms with van der Waals surface area (Å²) in [6.45, 7) is 5.47. The number of likely N-dealkylation sites (tertiary alicyclic amines) is 1. The van der Waals surface area contributed by atoms with Gasteiger partial charge in [-0.3, -0.25) is 0 Å². The lowest BCUT2D eigenvalue weighted by atomic mass is 9.91. The highest BCUT2D eigenvalue weighted by molar-refractivity contribution is 5.89. The van der Waals surface area contributed by atoms with Gasteiger partial charge >= 0.3 is 12.1 Å². The lowest BCUT2D eigenvalue weighted by Gasteiger charge is -2.38. The van der Waals surface area contributed by atoms with Gasteiger partial charge in [-0.25, -0.2) is 14.0 Å². The minimum Gasteiger partial charge on any atom is -0.478 e. The van der Waals surface area contributed by atoms with Crippen LogP contribution >= 0.6 is 0 Å². The number of hydrogen-bond acceptors (Lipinski definition) is 3. The van der Waals surface area contributed by atoms with E-state index in [0.29, 0.717) is 5.56 Å². The van der Waals surface area contributed by atoms with Crippen LogP contribution in [0.15, 0.2) is 24.3 Å². The highest BCUT2D eigenvalue weighted by Gasteiger charge is 2.36. The first-order valence-electron chi connectivity index (χ1n) is 7.65. The summed E-state index contributed by atoms with van der Waals surface area (Å²) in [5.41, 5.74) is -0.145. The van der Waals surface area contributed by atoms with E-state index in [1.165, 1.54) is 11.0 Å². The molecule has 126 valence electrons. The van der Waals surface area contributed by atoms with Gasteiger partial charge in [-0.1, -0.05) is 18.2 Å². The molecule has 0 radical (unpaired) electrons. The number of hydrogen-bond donors (Lipinski definition) is 1. The van der Waals surface area contributed by atoms with E-state index in [1.807, 2.05) is 0 Å². The number of piperidine rings is 1. The number of aromatic carboxylic acids is 1. The Kier molecular flexibility index (Phi) is 4.92. The van der Waals surface area contributed by atoms with Gasteiger partial charge in [-0.05, 0) is 38.8 Å². The van der Waals surface area contributed by atoms with Crippen LogP contribution in [0.5, 0.6) is 0 Å². The second kappa shape index (κ2) is 6.56. The number of carboxylic acids is 1. The molecule has 1 aliphatic heterocycles. The zero-order chi connectivity index (χ0) is 17.2. The monoisotopic (exact) mass is 323 g/mol. The summed E-state index contributed by atoms with van der Waals surface area (Å²) in [4.78, 5) is 25.3. The molecule has 0 aliphatic carbocycles. The van der Waals surface area contributed by atoms with E-state index < -0.39 is 29.9 Å². The fourth-order valence-electron chi connectivity index (χ4n) is 2.74. The molecule has 1 N–H and O–H groups in total. The molecule has 2 rings (SSSR count). The molecule has 6 heteroatoms. The Morgan fingerprint density at radius 1 is 1.30 bits per heavy atom. The first-order valence-corrected chi connectivity index (χ1v) is 7.65. The largest absolute Gasteiger partial charge is 0.478 e. The maximum absolute atomic E-state index is 13.9. The van der Waals surface area contributed by atoms with Gasteiger partial charge in [0.2, 0.25) is 0 Å².